The molecule has 2 aliphatic heterocycles. The van der Waals surface area contributed by atoms with Gasteiger partial charge in [0.1, 0.15) is 39.6 Å². The summed E-state index contributed by atoms with van der Waals surface area (Å²) in [7, 11) is 1.43. The number of ether oxygens (including phenoxy) is 3. The minimum atomic E-state index is -1.23. The number of benzene rings is 2. The number of aryl methyl sites for hydroxylation is 1. The van der Waals surface area contributed by atoms with Gasteiger partial charge in [-0.3, -0.25) is 4.90 Å². The van der Waals surface area contributed by atoms with Gasteiger partial charge in [-0.15, -0.1) is 0 Å². The van der Waals surface area contributed by atoms with Crippen LogP contribution in [0.25, 0.3) is 32.9 Å². The van der Waals surface area contributed by atoms with Crippen LogP contribution in [-0.2, 0) is 11.2 Å². The fourth-order valence-corrected chi connectivity index (χ4v) is 10.0. The molecule has 4 fully saturated rings. The SMILES string of the molecule is CCc1c(F)ccc2cc(O)cc(-c3nc(OC)c4c(N5CCOC[C@@](C)(O)C5)nc(OC[C@]56CCC[C@H]5N(CC5CC(C)(O)C5)CCC6)nc4c3F)c12. The standard InChI is InChI=1S/C41H51F2N5O6/c1-5-27-29(42)10-9-25-16-26(49)17-28(31(25)27)34-33(43)35-32(37(44-34)52-4)36(48-14-15-53-22-40(3,51)21-48)46-38(45-35)54-23-41-11-6-8-30(41)47(13-7-12-41)20-24-18-39(2,50)19-24/h9-10,16-17,24,30,49-51H,5-8,11-15,18-23H2,1-4H3/t24?,30-,39?,40+,41-/m1/s1. The van der Waals surface area contributed by atoms with Crippen molar-refractivity contribution in [2.75, 3.05) is 58.0 Å². The van der Waals surface area contributed by atoms with Crippen LogP contribution in [0.1, 0.15) is 71.3 Å². The molecule has 0 amide bonds. The van der Waals surface area contributed by atoms with E-state index in [0.29, 0.717) is 60.3 Å². The molecular weight excluding hydrogens is 696 g/mol. The highest BCUT2D eigenvalue weighted by Gasteiger charge is 2.50. The number of anilines is 1. The first-order valence-electron chi connectivity index (χ1n) is 19.3. The summed E-state index contributed by atoms with van der Waals surface area (Å²) in [6.45, 7) is 8.64. The van der Waals surface area contributed by atoms with E-state index in [1.165, 1.54) is 25.3 Å². The molecule has 13 heteroatoms. The second kappa shape index (κ2) is 14.0. The van der Waals surface area contributed by atoms with Crippen LogP contribution in [0.3, 0.4) is 0 Å². The smallest absolute Gasteiger partial charge is 0.319 e. The molecule has 2 aromatic heterocycles. The molecule has 0 bridgehead atoms. The van der Waals surface area contributed by atoms with Gasteiger partial charge in [-0.25, -0.2) is 13.8 Å². The minimum absolute atomic E-state index is 0.00587. The van der Waals surface area contributed by atoms with Crippen LogP contribution < -0.4 is 14.4 Å². The van der Waals surface area contributed by atoms with E-state index in [2.05, 4.69) is 9.88 Å². The number of hydrogen-bond donors (Lipinski definition) is 3. The summed E-state index contributed by atoms with van der Waals surface area (Å²) in [4.78, 5) is 18.7. The van der Waals surface area contributed by atoms with Gasteiger partial charge in [-0.1, -0.05) is 19.4 Å². The number of nitrogens with zero attached hydrogens (tertiary/aromatic N) is 5. The van der Waals surface area contributed by atoms with Crippen LogP contribution >= 0.6 is 0 Å². The van der Waals surface area contributed by atoms with Gasteiger partial charge in [0.15, 0.2) is 5.82 Å². The molecule has 2 aliphatic carbocycles. The van der Waals surface area contributed by atoms with Gasteiger partial charge in [0, 0.05) is 30.1 Å². The Bertz CT molecular complexity index is 2070. The second-order valence-electron chi connectivity index (χ2n) is 16.7. The quantitative estimate of drug-likeness (QED) is 0.182. The Morgan fingerprint density at radius 1 is 1.00 bits per heavy atom. The third-order valence-corrected chi connectivity index (χ3v) is 12.3. The highest BCUT2D eigenvalue weighted by Crippen LogP contribution is 2.50. The van der Waals surface area contributed by atoms with Crippen LogP contribution in [0.5, 0.6) is 17.6 Å². The molecule has 4 aliphatic rings. The fraction of sp³-hybridized carbons (Fsp3) is 0.585. The van der Waals surface area contributed by atoms with Crippen molar-refractivity contribution in [1.29, 1.82) is 0 Å². The van der Waals surface area contributed by atoms with Crippen molar-refractivity contribution in [2.45, 2.75) is 89.4 Å². The minimum Gasteiger partial charge on any atom is -0.508 e. The van der Waals surface area contributed by atoms with E-state index < -0.39 is 22.8 Å². The molecule has 0 spiro atoms. The number of aromatic hydroxyl groups is 1. The zero-order valence-corrected chi connectivity index (χ0v) is 31.6. The van der Waals surface area contributed by atoms with Crippen molar-refractivity contribution in [2.24, 2.45) is 11.3 Å². The summed E-state index contributed by atoms with van der Waals surface area (Å²) in [6, 6.07) is 6.13. The van der Waals surface area contributed by atoms with Crippen molar-refractivity contribution in [1.82, 2.24) is 19.9 Å². The van der Waals surface area contributed by atoms with Crippen LogP contribution in [0.15, 0.2) is 24.3 Å². The maximum Gasteiger partial charge on any atom is 0.319 e. The molecule has 4 heterocycles. The van der Waals surface area contributed by atoms with E-state index >= 15 is 8.78 Å². The number of likely N-dealkylation sites (tertiary alicyclic amines) is 1. The molecule has 8 rings (SSSR count). The molecule has 2 saturated carbocycles. The number of aliphatic hydroxyl groups is 2. The largest absolute Gasteiger partial charge is 0.508 e. The van der Waals surface area contributed by atoms with Gasteiger partial charge < -0.3 is 34.4 Å². The third-order valence-electron chi connectivity index (χ3n) is 12.3. The maximum absolute atomic E-state index is 17.3. The molecule has 11 nitrogen and oxygen atoms in total. The molecule has 0 unspecified atom stereocenters. The summed E-state index contributed by atoms with van der Waals surface area (Å²) >= 11 is 0. The Hall–Kier alpha value is -3.91. The lowest BCUT2D eigenvalue weighted by atomic mass is 9.70. The van der Waals surface area contributed by atoms with Gasteiger partial charge in [0.25, 0.3) is 0 Å². The lowest BCUT2D eigenvalue weighted by molar-refractivity contribution is -0.0823. The molecule has 4 aromatic rings. The first-order chi connectivity index (χ1) is 25.8. The Kier molecular flexibility index (Phi) is 9.59. The van der Waals surface area contributed by atoms with Gasteiger partial charge in [0.05, 0.1) is 39.1 Å². The van der Waals surface area contributed by atoms with Crippen LogP contribution in [0, 0.1) is 23.0 Å². The molecule has 54 heavy (non-hydrogen) atoms. The Morgan fingerprint density at radius 2 is 1.80 bits per heavy atom. The number of methoxy groups -OCH3 is 1. The van der Waals surface area contributed by atoms with Crippen molar-refractivity contribution in [3.8, 4) is 28.9 Å². The molecule has 3 atom stereocenters. The molecule has 3 N–H and O–H groups in total. The third kappa shape index (κ3) is 6.71. The first-order valence-corrected chi connectivity index (χ1v) is 19.3. The monoisotopic (exact) mass is 747 g/mol. The summed E-state index contributed by atoms with van der Waals surface area (Å²) in [5, 5.41) is 33.5. The summed E-state index contributed by atoms with van der Waals surface area (Å²) in [5.41, 5.74) is -1.60. The van der Waals surface area contributed by atoms with Gasteiger partial charge in [-0.05, 0) is 106 Å². The van der Waals surface area contributed by atoms with E-state index in [1.807, 2.05) is 18.7 Å². The number of phenols is 1. The van der Waals surface area contributed by atoms with Crippen molar-refractivity contribution in [3.05, 3.63) is 41.5 Å². The number of phenolic OH excluding ortho intramolecular Hbond substituents is 1. The Morgan fingerprint density at radius 3 is 2.56 bits per heavy atom. The van der Waals surface area contributed by atoms with Crippen molar-refractivity contribution >= 4 is 27.5 Å². The Labute approximate surface area is 314 Å². The number of piperidine rings is 1. The van der Waals surface area contributed by atoms with Gasteiger partial charge >= 0.3 is 6.01 Å². The first kappa shape index (κ1) is 37.0. The van der Waals surface area contributed by atoms with E-state index in [4.69, 9.17) is 24.2 Å². The van der Waals surface area contributed by atoms with Crippen molar-refractivity contribution in [3.63, 3.8) is 0 Å². The zero-order chi connectivity index (χ0) is 38.0. The normalized spacial score (nSPS) is 28.9. The topological polar surface area (TPSA) is 134 Å². The number of fused-ring (bicyclic) bond motifs is 3. The molecule has 0 radical (unpaired) electrons. The van der Waals surface area contributed by atoms with Gasteiger partial charge in [-0.2, -0.15) is 9.97 Å². The predicted molar refractivity (Wildman–Crippen MR) is 201 cm³/mol. The van der Waals surface area contributed by atoms with E-state index in [0.717, 1.165) is 58.0 Å². The molecule has 2 aromatic carbocycles. The number of hydrogen-bond acceptors (Lipinski definition) is 11. The lowest BCUT2D eigenvalue weighted by Gasteiger charge is -2.50. The fourth-order valence-electron chi connectivity index (χ4n) is 10.0. The summed E-state index contributed by atoms with van der Waals surface area (Å²) in [5.74, 6) is -0.558. The number of pyridine rings is 1. The summed E-state index contributed by atoms with van der Waals surface area (Å²) < 4.78 is 50.7. The number of β-amino-alcohol motifs (C(OH)–C–C–N with tert-alkyl or cyclic N) is 1. The van der Waals surface area contributed by atoms with Crippen LogP contribution in [0.2, 0.25) is 0 Å². The van der Waals surface area contributed by atoms with E-state index in [-0.39, 0.29) is 58.4 Å². The molecular formula is C41H51F2N5O6. The van der Waals surface area contributed by atoms with E-state index in [1.54, 1.807) is 13.0 Å². The zero-order valence-electron chi connectivity index (χ0n) is 31.6. The average molecular weight is 748 g/mol. The molecule has 290 valence electrons. The summed E-state index contributed by atoms with van der Waals surface area (Å²) in [6.07, 6.45) is 7.16. The number of aromatic nitrogens is 3. The second-order valence-corrected chi connectivity index (χ2v) is 16.7. The van der Waals surface area contributed by atoms with Gasteiger partial charge in [0.2, 0.25) is 5.88 Å². The Balaban J connectivity index is 1.24. The van der Waals surface area contributed by atoms with Crippen molar-refractivity contribution < 1.29 is 38.3 Å². The molecule has 2 saturated heterocycles. The number of halogens is 2. The predicted octanol–water partition coefficient (Wildman–Crippen LogP) is 6.16. The van der Waals surface area contributed by atoms with Crippen LogP contribution in [0.4, 0.5) is 14.6 Å². The van der Waals surface area contributed by atoms with Crippen LogP contribution in [-0.4, -0.2) is 106 Å². The van der Waals surface area contributed by atoms with E-state index in [9.17, 15) is 15.3 Å². The highest BCUT2D eigenvalue weighted by atomic mass is 19.1. The maximum atomic E-state index is 17.3. The number of rotatable bonds is 9. The highest BCUT2D eigenvalue weighted by molar-refractivity contribution is 6.03. The average Bonchev–Trinajstić information content (AvgIpc) is 3.47. The lowest BCUT2D eigenvalue weighted by Crippen LogP contribution is -2.55.